The summed E-state index contributed by atoms with van der Waals surface area (Å²) in [6.07, 6.45) is 3.84. The minimum atomic E-state index is -0.0753. The lowest BCUT2D eigenvalue weighted by atomic mass is 10.1. The van der Waals surface area contributed by atoms with E-state index >= 15 is 0 Å². The van der Waals surface area contributed by atoms with Gasteiger partial charge in [-0.15, -0.1) is 0 Å². The number of phenols is 1. The molecular formula is C17H18O4. The molecule has 0 fully saturated rings. The summed E-state index contributed by atoms with van der Waals surface area (Å²) in [5.41, 5.74) is 1.82. The highest BCUT2D eigenvalue weighted by Gasteiger charge is 2.18. The van der Waals surface area contributed by atoms with Crippen molar-refractivity contribution < 1.29 is 19.3 Å². The van der Waals surface area contributed by atoms with Gasteiger partial charge in [-0.1, -0.05) is 42.5 Å². The van der Waals surface area contributed by atoms with E-state index in [0.29, 0.717) is 11.5 Å². The van der Waals surface area contributed by atoms with Gasteiger partial charge in [-0.2, -0.15) is 0 Å². The van der Waals surface area contributed by atoms with Crippen molar-refractivity contribution >= 4 is 12.2 Å². The average Bonchev–Trinajstić information content (AvgIpc) is 2.53. The summed E-state index contributed by atoms with van der Waals surface area (Å²) in [5, 5.41) is 10.1. The molecule has 21 heavy (non-hydrogen) atoms. The number of hydrogen-bond donors (Lipinski definition) is 1. The fraction of sp³-hybridized carbons (Fsp3) is 0.176. The smallest absolute Gasteiger partial charge is 0.207 e. The van der Waals surface area contributed by atoms with Gasteiger partial charge in [0.2, 0.25) is 11.5 Å². The number of phenolic OH excluding ortho intramolecular Hbond substituents is 1. The third-order valence-corrected chi connectivity index (χ3v) is 3.09. The van der Waals surface area contributed by atoms with Gasteiger partial charge in [0.1, 0.15) is 0 Å². The summed E-state index contributed by atoms with van der Waals surface area (Å²) in [6, 6.07) is 11.6. The molecule has 0 spiro atoms. The lowest BCUT2D eigenvalue weighted by molar-refractivity contribution is 0.315. The zero-order chi connectivity index (χ0) is 15.2. The number of benzene rings is 2. The third kappa shape index (κ3) is 3.11. The third-order valence-electron chi connectivity index (χ3n) is 3.09. The normalized spacial score (nSPS) is 10.6. The zero-order valence-corrected chi connectivity index (χ0v) is 12.3. The minimum Gasteiger partial charge on any atom is -0.502 e. The molecule has 0 saturated heterocycles. The highest BCUT2D eigenvalue weighted by molar-refractivity contribution is 5.77. The number of methoxy groups -OCH3 is 3. The van der Waals surface area contributed by atoms with E-state index in [1.54, 1.807) is 6.07 Å². The first-order chi connectivity index (χ1) is 10.2. The maximum absolute atomic E-state index is 10.1. The second-order valence-electron chi connectivity index (χ2n) is 4.33. The van der Waals surface area contributed by atoms with E-state index in [1.165, 1.54) is 21.3 Å². The van der Waals surface area contributed by atoms with Gasteiger partial charge in [0.25, 0.3) is 0 Å². The lowest BCUT2D eigenvalue weighted by Crippen LogP contribution is -1.96. The van der Waals surface area contributed by atoms with Crippen molar-refractivity contribution in [3.63, 3.8) is 0 Å². The number of ether oxygens (including phenoxy) is 3. The van der Waals surface area contributed by atoms with Crippen molar-refractivity contribution in [2.45, 2.75) is 0 Å². The molecule has 0 amide bonds. The molecule has 2 aromatic carbocycles. The molecule has 4 heteroatoms. The van der Waals surface area contributed by atoms with E-state index in [9.17, 15) is 5.11 Å². The van der Waals surface area contributed by atoms with Crippen LogP contribution in [0.1, 0.15) is 11.1 Å². The number of hydrogen-bond acceptors (Lipinski definition) is 4. The Balaban J connectivity index is 2.49. The van der Waals surface area contributed by atoms with Crippen molar-refractivity contribution in [3.05, 3.63) is 47.5 Å². The van der Waals surface area contributed by atoms with Crippen LogP contribution in [0, 0.1) is 0 Å². The van der Waals surface area contributed by atoms with Crippen molar-refractivity contribution in [2.75, 3.05) is 21.3 Å². The predicted molar refractivity (Wildman–Crippen MR) is 83.1 cm³/mol. The Bertz CT molecular complexity index is 633. The summed E-state index contributed by atoms with van der Waals surface area (Å²) in [6.45, 7) is 0. The highest BCUT2D eigenvalue weighted by Crippen LogP contribution is 2.46. The van der Waals surface area contributed by atoms with E-state index < -0.39 is 0 Å². The molecule has 0 radical (unpaired) electrons. The molecule has 0 aromatic heterocycles. The van der Waals surface area contributed by atoms with Crippen molar-refractivity contribution in [2.24, 2.45) is 0 Å². The van der Waals surface area contributed by atoms with Crippen LogP contribution in [-0.4, -0.2) is 26.4 Å². The maximum Gasteiger partial charge on any atom is 0.207 e. The van der Waals surface area contributed by atoms with E-state index in [0.717, 1.165) is 11.1 Å². The van der Waals surface area contributed by atoms with Crippen molar-refractivity contribution in [1.29, 1.82) is 0 Å². The Morgan fingerprint density at radius 1 is 0.857 bits per heavy atom. The molecule has 1 N–H and O–H groups in total. The molecule has 0 heterocycles. The van der Waals surface area contributed by atoms with Gasteiger partial charge in [-0.05, 0) is 11.6 Å². The zero-order valence-electron chi connectivity index (χ0n) is 12.3. The molecule has 0 bridgehead atoms. The minimum absolute atomic E-state index is 0.0753. The van der Waals surface area contributed by atoms with Crippen LogP contribution >= 0.6 is 0 Å². The molecular weight excluding hydrogens is 268 g/mol. The fourth-order valence-electron chi connectivity index (χ4n) is 2.06. The molecule has 0 aliphatic heterocycles. The van der Waals surface area contributed by atoms with Crippen LogP contribution < -0.4 is 14.2 Å². The first kappa shape index (κ1) is 14.8. The summed E-state index contributed by atoms with van der Waals surface area (Å²) in [4.78, 5) is 0. The first-order valence-electron chi connectivity index (χ1n) is 6.46. The first-order valence-corrected chi connectivity index (χ1v) is 6.46. The maximum atomic E-state index is 10.1. The summed E-state index contributed by atoms with van der Waals surface area (Å²) >= 11 is 0. The van der Waals surface area contributed by atoms with Gasteiger partial charge >= 0.3 is 0 Å². The Kier molecular flexibility index (Phi) is 4.72. The molecule has 2 aromatic rings. The summed E-state index contributed by atoms with van der Waals surface area (Å²) in [5.74, 6) is 0.974. The fourth-order valence-corrected chi connectivity index (χ4v) is 2.06. The molecule has 2 rings (SSSR count). The molecule has 0 aliphatic rings. The molecule has 0 unspecified atom stereocenters. The van der Waals surface area contributed by atoms with Crippen molar-refractivity contribution in [3.8, 4) is 23.0 Å². The summed E-state index contributed by atoms with van der Waals surface area (Å²) < 4.78 is 15.7. The van der Waals surface area contributed by atoms with Gasteiger partial charge in [0.05, 0.1) is 21.3 Å². The Hall–Kier alpha value is -2.62. The molecule has 0 saturated carbocycles. The number of rotatable bonds is 5. The van der Waals surface area contributed by atoms with Gasteiger partial charge < -0.3 is 19.3 Å². The SMILES string of the molecule is COc1cc(C=Cc2ccccc2)c(OC)c(OC)c1O. The van der Waals surface area contributed by atoms with E-state index in [2.05, 4.69) is 0 Å². The van der Waals surface area contributed by atoms with Crippen LogP contribution in [0.5, 0.6) is 23.0 Å². The van der Waals surface area contributed by atoms with Gasteiger partial charge in [-0.3, -0.25) is 0 Å². The molecule has 110 valence electrons. The van der Waals surface area contributed by atoms with Crippen LogP contribution in [0.3, 0.4) is 0 Å². The number of aromatic hydroxyl groups is 1. The van der Waals surface area contributed by atoms with Crippen LogP contribution in [0.25, 0.3) is 12.2 Å². The second-order valence-corrected chi connectivity index (χ2v) is 4.33. The van der Waals surface area contributed by atoms with Crippen LogP contribution in [0.15, 0.2) is 36.4 Å². The average molecular weight is 286 g/mol. The molecule has 4 nitrogen and oxygen atoms in total. The Morgan fingerprint density at radius 3 is 2.10 bits per heavy atom. The predicted octanol–water partition coefficient (Wildman–Crippen LogP) is 3.59. The Morgan fingerprint density at radius 2 is 1.52 bits per heavy atom. The van der Waals surface area contributed by atoms with Crippen LogP contribution in [0.2, 0.25) is 0 Å². The van der Waals surface area contributed by atoms with Crippen LogP contribution in [0.4, 0.5) is 0 Å². The molecule has 0 aliphatic carbocycles. The van der Waals surface area contributed by atoms with E-state index in [1.807, 2.05) is 42.5 Å². The van der Waals surface area contributed by atoms with Gasteiger partial charge in [0.15, 0.2) is 11.5 Å². The van der Waals surface area contributed by atoms with Crippen molar-refractivity contribution in [1.82, 2.24) is 0 Å². The van der Waals surface area contributed by atoms with Gasteiger partial charge in [-0.25, -0.2) is 0 Å². The largest absolute Gasteiger partial charge is 0.502 e. The highest BCUT2D eigenvalue weighted by atomic mass is 16.5. The van der Waals surface area contributed by atoms with Gasteiger partial charge in [0, 0.05) is 5.56 Å². The quantitative estimate of drug-likeness (QED) is 0.853. The van der Waals surface area contributed by atoms with E-state index in [4.69, 9.17) is 14.2 Å². The second kappa shape index (κ2) is 6.70. The lowest BCUT2D eigenvalue weighted by Gasteiger charge is -2.15. The monoisotopic (exact) mass is 286 g/mol. The molecule has 0 atom stereocenters. The topological polar surface area (TPSA) is 47.9 Å². The standard InChI is InChI=1S/C17H18O4/c1-19-14-11-13(10-9-12-7-5-4-6-8-12)16(20-2)17(21-3)15(14)18/h4-11,18H,1-3H3. The summed E-state index contributed by atoms with van der Waals surface area (Å²) in [7, 11) is 4.50. The Labute approximate surface area is 124 Å². The van der Waals surface area contributed by atoms with Crippen LogP contribution in [-0.2, 0) is 0 Å². The van der Waals surface area contributed by atoms with E-state index in [-0.39, 0.29) is 11.5 Å².